The zero-order chi connectivity index (χ0) is 16.9. The van der Waals surface area contributed by atoms with E-state index in [0.29, 0.717) is 17.4 Å². The Morgan fingerprint density at radius 1 is 1.13 bits per heavy atom. The maximum absolute atomic E-state index is 12.5. The summed E-state index contributed by atoms with van der Waals surface area (Å²) in [7, 11) is -2.36. The first-order chi connectivity index (χ1) is 11.0. The molecule has 0 bridgehead atoms. The predicted molar refractivity (Wildman–Crippen MR) is 89.6 cm³/mol. The number of ether oxygens (including phenoxy) is 2. The average Bonchev–Trinajstić information content (AvgIpc) is 2.54. The Balaban J connectivity index is 2.25. The van der Waals surface area contributed by atoms with Gasteiger partial charge in [-0.25, -0.2) is 13.1 Å². The molecule has 2 aromatic carbocycles. The fraction of sp³-hybridized carbons (Fsp3) is 0.250. The van der Waals surface area contributed by atoms with E-state index in [1.807, 2.05) is 25.1 Å². The molecule has 0 fully saturated rings. The van der Waals surface area contributed by atoms with E-state index in [4.69, 9.17) is 21.1 Å². The minimum absolute atomic E-state index is 0.00129. The van der Waals surface area contributed by atoms with Crippen LogP contribution in [0, 0.1) is 0 Å². The summed E-state index contributed by atoms with van der Waals surface area (Å²) in [5.74, 6) is 0.885. The van der Waals surface area contributed by atoms with Crippen molar-refractivity contribution in [1.29, 1.82) is 0 Å². The first-order valence-corrected chi connectivity index (χ1v) is 8.88. The number of hydrogen-bond acceptors (Lipinski definition) is 4. The highest BCUT2D eigenvalue weighted by molar-refractivity contribution is 7.89. The normalized spacial score (nSPS) is 11.3. The van der Waals surface area contributed by atoms with Crippen LogP contribution in [0.3, 0.4) is 0 Å². The lowest BCUT2D eigenvalue weighted by atomic mass is 10.2. The quantitative estimate of drug-likeness (QED) is 0.828. The second-order valence-electron chi connectivity index (χ2n) is 4.66. The van der Waals surface area contributed by atoms with Gasteiger partial charge in [-0.15, -0.1) is 0 Å². The third-order valence-electron chi connectivity index (χ3n) is 3.14. The number of nitrogens with one attached hydrogen (secondary N) is 1. The van der Waals surface area contributed by atoms with Crippen LogP contribution >= 0.6 is 11.6 Å². The van der Waals surface area contributed by atoms with Gasteiger partial charge in [-0.1, -0.05) is 29.8 Å². The summed E-state index contributed by atoms with van der Waals surface area (Å²) in [6.45, 7) is 2.48. The van der Waals surface area contributed by atoms with Crippen molar-refractivity contribution >= 4 is 21.6 Å². The van der Waals surface area contributed by atoms with Gasteiger partial charge in [0.25, 0.3) is 0 Å². The number of methoxy groups -OCH3 is 1. The fourth-order valence-corrected chi connectivity index (χ4v) is 3.49. The van der Waals surface area contributed by atoms with Crippen LogP contribution < -0.4 is 14.2 Å². The lowest BCUT2D eigenvalue weighted by Gasteiger charge is -2.13. The van der Waals surface area contributed by atoms with Crippen LogP contribution in [0.4, 0.5) is 0 Å². The van der Waals surface area contributed by atoms with Gasteiger partial charge < -0.3 is 9.47 Å². The summed E-state index contributed by atoms with van der Waals surface area (Å²) in [6, 6.07) is 11.7. The standard InChI is InChI=1S/C16H18ClNO4S/c1-3-22-14-7-5-4-6-12(14)11-18-23(19,20)16-10-13(17)8-9-15(16)21-2/h4-10,18H,3,11H2,1-2H3. The zero-order valence-electron chi connectivity index (χ0n) is 12.9. The predicted octanol–water partition coefficient (Wildman–Crippen LogP) is 3.23. The van der Waals surface area contributed by atoms with Crippen LogP contribution in [0.15, 0.2) is 47.4 Å². The molecule has 0 heterocycles. The second kappa shape index (κ2) is 7.68. The Kier molecular flexibility index (Phi) is 5.87. The molecule has 0 saturated heterocycles. The van der Waals surface area contributed by atoms with Crippen molar-refractivity contribution in [2.45, 2.75) is 18.4 Å². The molecule has 2 aromatic rings. The van der Waals surface area contributed by atoms with Crippen molar-refractivity contribution in [3.8, 4) is 11.5 Å². The van der Waals surface area contributed by atoms with E-state index in [0.717, 1.165) is 5.56 Å². The molecule has 0 atom stereocenters. The Labute approximate surface area is 141 Å². The number of hydrogen-bond donors (Lipinski definition) is 1. The molecule has 23 heavy (non-hydrogen) atoms. The maximum Gasteiger partial charge on any atom is 0.244 e. The number of halogens is 1. The third kappa shape index (κ3) is 4.37. The van der Waals surface area contributed by atoms with Crippen molar-refractivity contribution in [2.75, 3.05) is 13.7 Å². The second-order valence-corrected chi connectivity index (χ2v) is 6.83. The molecule has 2 rings (SSSR count). The lowest BCUT2D eigenvalue weighted by Crippen LogP contribution is -2.24. The highest BCUT2D eigenvalue weighted by Gasteiger charge is 2.20. The van der Waals surface area contributed by atoms with Crippen molar-refractivity contribution in [1.82, 2.24) is 4.72 Å². The van der Waals surface area contributed by atoms with Gasteiger partial charge in [0.1, 0.15) is 16.4 Å². The van der Waals surface area contributed by atoms with E-state index in [2.05, 4.69) is 4.72 Å². The lowest BCUT2D eigenvalue weighted by molar-refractivity contribution is 0.336. The number of rotatable bonds is 7. The molecule has 0 aliphatic carbocycles. The number of para-hydroxylation sites is 1. The van der Waals surface area contributed by atoms with Gasteiger partial charge in [0.05, 0.1) is 13.7 Å². The summed E-state index contributed by atoms with van der Waals surface area (Å²) in [5, 5.41) is 0.320. The van der Waals surface area contributed by atoms with Crippen LogP contribution in [0.25, 0.3) is 0 Å². The Hall–Kier alpha value is -1.76. The van der Waals surface area contributed by atoms with Crippen molar-refractivity contribution < 1.29 is 17.9 Å². The summed E-state index contributed by atoms with van der Waals surface area (Å²) in [6.07, 6.45) is 0. The number of sulfonamides is 1. The molecule has 1 N–H and O–H groups in total. The van der Waals surface area contributed by atoms with Crippen molar-refractivity contribution in [3.63, 3.8) is 0 Å². The molecule has 0 aromatic heterocycles. The van der Waals surface area contributed by atoms with E-state index in [-0.39, 0.29) is 17.2 Å². The molecule has 124 valence electrons. The molecule has 0 amide bonds. The van der Waals surface area contributed by atoms with E-state index in [1.165, 1.54) is 19.2 Å². The fourth-order valence-electron chi connectivity index (χ4n) is 2.06. The van der Waals surface area contributed by atoms with Gasteiger partial charge >= 0.3 is 0 Å². The minimum atomic E-state index is -3.77. The average molecular weight is 356 g/mol. The molecule has 5 nitrogen and oxygen atoms in total. The van der Waals surface area contributed by atoms with Crippen LogP contribution in [0.1, 0.15) is 12.5 Å². The smallest absolute Gasteiger partial charge is 0.244 e. The highest BCUT2D eigenvalue weighted by atomic mass is 35.5. The first-order valence-electron chi connectivity index (χ1n) is 7.02. The van der Waals surface area contributed by atoms with Crippen molar-refractivity contribution in [2.24, 2.45) is 0 Å². The van der Waals surface area contributed by atoms with Crippen LogP contribution in [-0.4, -0.2) is 22.1 Å². The Bertz CT molecular complexity index is 777. The van der Waals surface area contributed by atoms with Gasteiger partial charge in [-0.3, -0.25) is 0 Å². The number of benzene rings is 2. The largest absolute Gasteiger partial charge is 0.495 e. The third-order valence-corrected chi connectivity index (χ3v) is 4.80. The SMILES string of the molecule is CCOc1ccccc1CNS(=O)(=O)c1cc(Cl)ccc1OC. The van der Waals surface area contributed by atoms with Crippen LogP contribution in [-0.2, 0) is 16.6 Å². The highest BCUT2D eigenvalue weighted by Crippen LogP contribution is 2.27. The Morgan fingerprint density at radius 3 is 2.57 bits per heavy atom. The monoisotopic (exact) mass is 355 g/mol. The Morgan fingerprint density at radius 2 is 1.87 bits per heavy atom. The zero-order valence-corrected chi connectivity index (χ0v) is 14.4. The van der Waals surface area contributed by atoms with E-state index >= 15 is 0 Å². The molecule has 0 aliphatic heterocycles. The van der Waals surface area contributed by atoms with Crippen LogP contribution in [0.5, 0.6) is 11.5 Å². The van der Waals surface area contributed by atoms with Gasteiger partial charge in [0, 0.05) is 17.1 Å². The van der Waals surface area contributed by atoms with Gasteiger partial charge in [0.15, 0.2) is 0 Å². The molecule has 7 heteroatoms. The van der Waals surface area contributed by atoms with E-state index in [1.54, 1.807) is 12.1 Å². The molecule has 0 spiro atoms. The van der Waals surface area contributed by atoms with Crippen LogP contribution in [0.2, 0.25) is 5.02 Å². The van der Waals surface area contributed by atoms with Gasteiger partial charge in [-0.05, 0) is 31.2 Å². The molecule has 0 saturated carbocycles. The van der Waals surface area contributed by atoms with Gasteiger partial charge in [-0.2, -0.15) is 0 Å². The topological polar surface area (TPSA) is 64.6 Å². The minimum Gasteiger partial charge on any atom is -0.495 e. The van der Waals surface area contributed by atoms with Gasteiger partial charge in [0.2, 0.25) is 10.0 Å². The van der Waals surface area contributed by atoms with E-state index < -0.39 is 10.0 Å². The molecule has 0 aliphatic rings. The van der Waals surface area contributed by atoms with E-state index in [9.17, 15) is 8.42 Å². The molecule has 0 unspecified atom stereocenters. The summed E-state index contributed by atoms with van der Waals surface area (Å²) in [4.78, 5) is 0.00129. The maximum atomic E-state index is 12.5. The molecule has 0 radical (unpaired) electrons. The first kappa shape index (κ1) is 17.6. The summed E-state index contributed by atoms with van der Waals surface area (Å²) in [5.41, 5.74) is 0.749. The molecular weight excluding hydrogens is 338 g/mol. The summed E-state index contributed by atoms with van der Waals surface area (Å²) < 4.78 is 38.2. The molecular formula is C16H18ClNO4S. The van der Waals surface area contributed by atoms with Crippen molar-refractivity contribution in [3.05, 3.63) is 53.1 Å². The summed E-state index contributed by atoms with van der Waals surface area (Å²) >= 11 is 5.90.